The van der Waals surface area contributed by atoms with Crippen LogP contribution in [0.4, 0.5) is 10.1 Å². The lowest BCUT2D eigenvalue weighted by atomic mass is 10.2. The van der Waals surface area contributed by atoms with Crippen molar-refractivity contribution in [2.75, 3.05) is 33.1 Å². The molecule has 0 unspecified atom stereocenters. The zero-order chi connectivity index (χ0) is 24.8. The Labute approximate surface area is 203 Å². The molecule has 7 nitrogen and oxygen atoms in total. The van der Waals surface area contributed by atoms with Gasteiger partial charge in [0.25, 0.3) is 0 Å². The van der Waals surface area contributed by atoms with E-state index in [4.69, 9.17) is 14.2 Å². The molecule has 0 fully saturated rings. The molecule has 1 N–H and O–H groups in total. The molecular formula is C27H26FN3O4. The molecule has 0 aliphatic carbocycles. The molecule has 35 heavy (non-hydrogen) atoms. The van der Waals surface area contributed by atoms with Gasteiger partial charge in [-0.3, -0.25) is 14.7 Å². The van der Waals surface area contributed by atoms with Gasteiger partial charge in [0.15, 0.2) is 23.1 Å². The fraction of sp³-hybridized carbons (Fsp3) is 0.185. The molecule has 4 rings (SSSR count). The van der Waals surface area contributed by atoms with Gasteiger partial charge in [-0.15, -0.1) is 0 Å². The van der Waals surface area contributed by atoms with E-state index in [9.17, 15) is 9.18 Å². The second-order valence-corrected chi connectivity index (χ2v) is 7.99. The number of fused-ring (bicyclic) bond motifs is 1. The molecule has 0 saturated carbocycles. The third kappa shape index (κ3) is 5.85. The summed E-state index contributed by atoms with van der Waals surface area (Å²) in [6, 6.07) is 19.3. The number of methoxy groups -OCH3 is 2. The minimum atomic E-state index is -0.606. The van der Waals surface area contributed by atoms with Crippen molar-refractivity contribution in [2.24, 2.45) is 0 Å². The monoisotopic (exact) mass is 475 g/mol. The Bertz CT molecular complexity index is 1330. The summed E-state index contributed by atoms with van der Waals surface area (Å²) < 4.78 is 31.4. The maximum absolute atomic E-state index is 14.9. The predicted octanol–water partition coefficient (Wildman–Crippen LogP) is 5.25. The molecule has 4 aromatic rings. The highest BCUT2D eigenvalue weighted by Gasteiger charge is 2.14. The highest BCUT2D eigenvalue weighted by molar-refractivity contribution is 5.92. The van der Waals surface area contributed by atoms with Crippen molar-refractivity contribution in [3.05, 3.63) is 84.3 Å². The number of pyridine rings is 1. The number of aromatic nitrogens is 1. The van der Waals surface area contributed by atoms with Gasteiger partial charge in [-0.1, -0.05) is 30.3 Å². The van der Waals surface area contributed by atoms with Crippen molar-refractivity contribution in [2.45, 2.75) is 6.54 Å². The molecule has 1 heterocycles. The molecule has 0 atom stereocenters. The summed E-state index contributed by atoms with van der Waals surface area (Å²) in [7, 11) is 4.93. The van der Waals surface area contributed by atoms with Crippen LogP contribution in [0.5, 0.6) is 23.0 Å². The Hall–Kier alpha value is -4.17. The number of carbonyl (C=O) groups excluding carboxylic acids is 1. The van der Waals surface area contributed by atoms with Gasteiger partial charge in [-0.2, -0.15) is 0 Å². The van der Waals surface area contributed by atoms with Crippen LogP contribution in [-0.2, 0) is 11.3 Å². The number of rotatable bonds is 9. The topological polar surface area (TPSA) is 72.9 Å². The van der Waals surface area contributed by atoms with Gasteiger partial charge >= 0.3 is 0 Å². The number of benzene rings is 3. The summed E-state index contributed by atoms with van der Waals surface area (Å²) >= 11 is 0. The zero-order valence-electron chi connectivity index (χ0n) is 19.7. The predicted molar refractivity (Wildman–Crippen MR) is 133 cm³/mol. The second kappa shape index (κ2) is 10.8. The molecule has 1 amide bonds. The number of nitrogens with one attached hydrogen (secondary N) is 1. The van der Waals surface area contributed by atoms with Crippen LogP contribution >= 0.6 is 0 Å². The van der Waals surface area contributed by atoms with E-state index in [0.29, 0.717) is 40.4 Å². The molecule has 0 spiro atoms. The number of anilines is 1. The Morgan fingerprint density at radius 3 is 2.40 bits per heavy atom. The average molecular weight is 476 g/mol. The van der Waals surface area contributed by atoms with Crippen LogP contribution in [0, 0.1) is 5.82 Å². The van der Waals surface area contributed by atoms with E-state index < -0.39 is 5.82 Å². The van der Waals surface area contributed by atoms with E-state index in [2.05, 4.69) is 10.3 Å². The van der Waals surface area contributed by atoms with Gasteiger partial charge in [0.1, 0.15) is 5.75 Å². The fourth-order valence-corrected chi connectivity index (χ4v) is 3.71. The van der Waals surface area contributed by atoms with Crippen molar-refractivity contribution in [1.29, 1.82) is 0 Å². The maximum Gasteiger partial charge on any atom is 0.238 e. The van der Waals surface area contributed by atoms with Gasteiger partial charge < -0.3 is 19.5 Å². The zero-order valence-corrected chi connectivity index (χ0v) is 19.7. The molecule has 0 radical (unpaired) electrons. The van der Waals surface area contributed by atoms with Crippen molar-refractivity contribution in [1.82, 2.24) is 9.88 Å². The van der Waals surface area contributed by atoms with Crippen LogP contribution in [-0.4, -0.2) is 43.6 Å². The summed E-state index contributed by atoms with van der Waals surface area (Å²) in [5.74, 6) is 0.628. The molecule has 1 aromatic heterocycles. The Morgan fingerprint density at radius 1 is 0.943 bits per heavy atom. The van der Waals surface area contributed by atoms with Crippen LogP contribution < -0.4 is 19.5 Å². The molecule has 0 bridgehead atoms. The van der Waals surface area contributed by atoms with Gasteiger partial charge in [0.05, 0.1) is 26.3 Å². The van der Waals surface area contributed by atoms with E-state index in [0.717, 1.165) is 5.56 Å². The van der Waals surface area contributed by atoms with E-state index in [-0.39, 0.29) is 18.2 Å². The minimum Gasteiger partial charge on any atom is -0.493 e. The Kier molecular flexibility index (Phi) is 7.42. The molecule has 3 aromatic carbocycles. The minimum absolute atomic E-state index is 0.0199. The number of nitrogens with zero attached hydrogens (tertiary/aromatic N) is 2. The van der Waals surface area contributed by atoms with Crippen LogP contribution in [0.2, 0.25) is 0 Å². The number of halogens is 1. The van der Waals surface area contributed by atoms with Crippen LogP contribution in [0.15, 0.2) is 72.9 Å². The van der Waals surface area contributed by atoms with Gasteiger partial charge in [-0.25, -0.2) is 4.39 Å². The number of hydrogen-bond donors (Lipinski definition) is 1. The van der Waals surface area contributed by atoms with E-state index >= 15 is 0 Å². The highest BCUT2D eigenvalue weighted by atomic mass is 19.1. The first-order chi connectivity index (χ1) is 17.0. The quantitative estimate of drug-likeness (QED) is 0.356. The summed E-state index contributed by atoms with van der Waals surface area (Å²) in [6.07, 6.45) is 1.57. The first-order valence-electron chi connectivity index (χ1n) is 11.0. The second-order valence-electron chi connectivity index (χ2n) is 7.99. The third-order valence-corrected chi connectivity index (χ3v) is 5.35. The Balaban J connectivity index is 1.45. The van der Waals surface area contributed by atoms with Crippen LogP contribution in [0.3, 0.4) is 0 Å². The van der Waals surface area contributed by atoms with E-state index in [1.165, 1.54) is 19.2 Å². The summed E-state index contributed by atoms with van der Waals surface area (Å²) in [5, 5.41) is 3.37. The molecule has 180 valence electrons. The lowest BCUT2D eigenvalue weighted by molar-refractivity contribution is -0.117. The fourth-order valence-electron chi connectivity index (χ4n) is 3.71. The standard InChI is InChI=1S/C27H26FN3O4/c1-31(16-18-7-5-4-6-8-18)17-27(32)30-19-9-10-24(21(28)13-19)35-23-11-12-29-22-15-26(34-3)25(33-2)14-20(22)23/h4-15H,16-17H2,1-3H3,(H,30,32). The van der Waals surface area contributed by atoms with Crippen molar-refractivity contribution in [3.63, 3.8) is 0 Å². The normalized spacial score (nSPS) is 10.9. The average Bonchev–Trinajstić information content (AvgIpc) is 2.85. The Morgan fingerprint density at radius 2 is 1.69 bits per heavy atom. The summed E-state index contributed by atoms with van der Waals surface area (Å²) in [4.78, 5) is 18.6. The highest BCUT2D eigenvalue weighted by Crippen LogP contribution is 2.37. The van der Waals surface area contributed by atoms with Gasteiger partial charge in [-0.05, 0) is 36.9 Å². The number of carbonyl (C=O) groups is 1. The molecule has 0 aliphatic rings. The third-order valence-electron chi connectivity index (χ3n) is 5.35. The molecule has 0 aliphatic heterocycles. The molecular weight excluding hydrogens is 449 g/mol. The summed E-state index contributed by atoms with van der Waals surface area (Å²) in [6.45, 7) is 0.801. The maximum atomic E-state index is 14.9. The largest absolute Gasteiger partial charge is 0.493 e. The number of hydrogen-bond acceptors (Lipinski definition) is 6. The first kappa shape index (κ1) is 24.0. The number of likely N-dealkylation sites (N-methyl/N-ethyl adjacent to an activating group) is 1. The smallest absolute Gasteiger partial charge is 0.238 e. The van der Waals surface area contributed by atoms with Crippen LogP contribution in [0.25, 0.3) is 10.9 Å². The lowest BCUT2D eigenvalue weighted by Crippen LogP contribution is -2.29. The first-order valence-corrected chi connectivity index (χ1v) is 11.0. The molecule has 0 saturated heterocycles. The van der Waals surface area contributed by atoms with Crippen molar-refractivity contribution >= 4 is 22.5 Å². The van der Waals surface area contributed by atoms with Crippen LogP contribution in [0.1, 0.15) is 5.56 Å². The van der Waals surface area contributed by atoms with E-state index in [1.54, 1.807) is 37.6 Å². The SMILES string of the molecule is COc1cc2nccc(Oc3ccc(NC(=O)CN(C)Cc4ccccc4)cc3F)c2cc1OC. The lowest BCUT2D eigenvalue weighted by Gasteiger charge is -2.16. The van der Waals surface area contributed by atoms with Gasteiger partial charge in [0.2, 0.25) is 5.91 Å². The van der Waals surface area contributed by atoms with E-state index in [1.807, 2.05) is 42.3 Å². The van der Waals surface area contributed by atoms with Crippen molar-refractivity contribution < 1.29 is 23.4 Å². The molecule has 8 heteroatoms. The number of ether oxygens (including phenoxy) is 3. The number of amides is 1. The van der Waals surface area contributed by atoms with Crippen molar-refractivity contribution in [3.8, 4) is 23.0 Å². The van der Waals surface area contributed by atoms with Gasteiger partial charge in [0, 0.05) is 35.9 Å². The summed E-state index contributed by atoms with van der Waals surface area (Å²) in [5.41, 5.74) is 2.07.